The third-order valence-corrected chi connectivity index (χ3v) is 9.25. The summed E-state index contributed by atoms with van der Waals surface area (Å²) in [4.78, 5) is 15.6. The summed E-state index contributed by atoms with van der Waals surface area (Å²) < 4.78 is 35.1. The molecule has 45 heavy (non-hydrogen) atoms. The number of rotatable bonds is 12. The number of hydrogen-bond donors (Lipinski definition) is 2. The first kappa shape index (κ1) is 31.9. The van der Waals surface area contributed by atoms with Crippen molar-refractivity contribution < 1.29 is 13.2 Å². The molecule has 0 amide bonds. The molecule has 4 aromatic carbocycles. The normalized spacial score (nSPS) is 11.9. The van der Waals surface area contributed by atoms with E-state index in [9.17, 15) is 13.2 Å². The zero-order chi connectivity index (χ0) is 32.0. The molecule has 0 spiro atoms. The Bertz CT molecular complexity index is 1890. The van der Waals surface area contributed by atoms with E-state index in [0.717, 1.165) is 35.1 Å². The van der Waals surface area contributed by atoms with Crippen molar-refractivity contribution in [2.24, 2.45) is 0 Å². The highest BCUT2D eigenvalue weighted by molar-refractivity contribution is 7.89. The number of ether oxygens (including phenoxy) is 1. The number of hydrogen-bond acceptors (Lipinski definition) is 5. The molecule has 0 radical (unpaired) electrons. The van der Waals surface area contributed by atoms with Gasteiger partial charge in [0.15, 0.2) is 0 Å². The van der Waals surface area contributed by atoms with Crippen LogP contribution in [0, 0.1) is 0 Å². The minimum absolute atomic E-state index is 0.0855. The Morgan fingerprint density at radius 2 is 1.51 bits per heavy atom. The lowest BCUT2D eigenvalue weighted by Gasteiger charge is -2.19. The van der Waals surface area contributed by atoms with E-state index in [1.165, 1.54) is 15.8 Å². The van der Waals surface area contributed by atoms with Crippen molar-refractivity contribution in [3.05, 3.63) is 136 Å². The topological polar surface area (TPSA) is 106 Å². The number of sulfonamides is 1. The molecule has 5 aromatic rings. The van der Waals surface area contributed by atoms with Gasteiger partial charge in [-0.3, -0.25) is 4.98 Å². The van der Waals surface area contributed by atoms with E-state index in [0.29, 0.717) is 24.5 Å². The van der Waals surface area contributed by atoms with Gasteiger partial charge >= 0.3 is 5.69 Å². The van der Waals surface area contributed by atoms with E-state index < -0.39 is 10.0 Å². The monoisotopic (exact) mass is 624 g/mol. The number of aryl methyl sites for hydroxylation is 2. The van der Waals surface area contributed by atoms with E-state index in [1.807, 2.05) is 18.2 Å². The highest BCUT2D eigenvalue weighted by Gasteiger charge is 2.16. The van der Waals surface area contributed by atoms with E-state index in [2.05, 4.69) is 84.1 Å². The predicted octanol–water partition coefficient (Wildman–Crippen LogP) is 6.25. The maximum atomic E-state index is 12.7. The molecule has 2 N–H and O–H groups in total. The average Bonchev–Trinajstić information content (AvgIpc) is 3.38. The van der Waals surface area contributed by atoms with Crippen LogP contribution in [0.3, 0.4) is 0 Å². The Balaban J connectivity index is 1.17. The van der Waals surface area contributed by atoms with Crippen LogP contribution in [0.4, 0.5) is 0 Å². The fourth-order valence-corrected chi connectivity index (χ4v) is 6.21. The Labute approximate surface area is 265 Å². The maximum absolute atomic E-state index is 12.7. The highest BCUT2D eigenvalue weighted by Crippen LogP contribution is 2.28. The summed E-state index contributed by atoms with van der Waals surface area (Å²) in [5.41, 5.74) is 6.11. The second kappa shape index (κ2) is 13.7. The first-order chi connectivity index (χ1) is 21.5. The van der Waals surface area contributed by atoms with Gasteiger partial charge in [-0.2, -0.15) is 5.10 Å². The largest absolute Gasteiger partial charge is 0.496 e. The van der Waals surface area contributed by atoms with Gasteiger partial charge in [0.2, 0.25) is 10.0 Å². The average molecular weight is 625 g/mol. The Hall–Kier alpha value is -4.47. The van der Waals surface area contributed by atoms with Crippen molar-refractivity contribution in [2.75, 3.05) is 7.11 Å². The highest BCUT2D eigenvalue weighted by atomic mass is 32.2. The van der Waals surface area contributed by atoms with Crippen LogP contribution < -0.4 is 15.1 Å². The molecule has 0 saturated heterocycles. The molecule has 0 unspecified atom stereocenters. The van der Waals surface area contributed by atoms with Crippen molar-refractivity contribution in [1.82, 2.24) is 19.5 Å². The third kappa shape index (κ3) is 8.17. The lowest BCUT2D eigenvalue weighted by Crippen LogP contribution is -2.23. The molecular weight excluding hydrogens is 584 g/mol. The molecule has 0 bridgehead atoms. The fraction of sp³-hybridized carbons (Fsp3) is 0.278. The SMILES string of the molecule is COc1ccc(-c2ccc(CCCc3nn(Cc4ccc(C(C)(C)C)cc4)c(=O)[nH]3)cc2)cc1CNS(=O)(=O)c1ccccc1. The van der Waals surface area contributed by atoms with Crippen molar-refractivity contribution in [3.63, 3.8) is 0 Å². The van der Waals surface area contributed by atoms with Crippen molar-refractivity contribution in [2.45, 2.75) is 63.4 Å². The smallest absolute Gasteiger partial charge is 0.343 e. The Morgan fingerprint density at radius 1 is 0.844 bits per heavy atom. The van der Waals surface area contributed by atoms with Gasteiger partial charge in [0, 0.05) is 18.5 Å². The van der Waals surface area contributed by atoms with Crippen LogP contribution in [0.2, 0.25) is 0 Å². The Kier molecular flexibility index (Phi) is 9.70. The molecule has 5 rings (SSSR count). The van der Waals surface area contributed by atoms with Gasteiger partial charge in [-0.05, 0) is 70.3 Å². The molecule has 234 valence electrons. The first-order valence-electron chi connectivity index (χ1n) is 15.1. The summed E-state index contributed by atoms with van der Waals surface area (Å²) in [7, 11) is -2.07. The molecule has 8 nitrogen and oxygen atoms in total. The van der Waals surface area contributed by atoms with E-state index >= 15 is 0 Å². The molecule has 0 saturated carbocycles. The molecule has 0 fully saturated rings. The van der Waals surface area contributed by atoms with E-state index in [1.54, 1.807) is 37.4 Å². The second-order valence-corrected chi connectivity index (χ2v) is 14.0. The molecule has 0 atom stereocenters. The fourth-order valence-electron chi connectivity index (χ4n) is 5.18. The quantitative estimate of drug-likeness (QED) is 0.171. The number of aromatic nitrogens is 3. The standard InChI is InChI=1S/C36H40N4O4S/c1-36(2,3)31-20-15-27(16-21-31)25-40-35(41)38-34(39-40)12-8-9-26-13-17-28(18-14-26)29-19-22-33(44-4)30(23-29)24-37-45(42,43)32-10-6-5-7-11-32/h5-7,10-11,13-23,37H,8-9,12,24-25H2,1-4H3,(H,38,39,41). The summed E-state index contributed by atoms with van der Waals surface area (Å²) in [5, 5.41) is 4.53. The van der Waals surface area contributed by atoms with Crippen LogP contribution in [0.5, 0.6) is 5.75 Å². The molecule has 9 heteroatoms. The van der Waals surface area contributed by atoms with Crippen molar-refractivity contribution in [3.8, 4) is 16.9 Å². The predicted molar refractivity (Wildman–Crippen MR) is 178 cm³/mol. The van der Waals surface area contributed by atoms with Gasteiger partial charge in [-0.15, -0.1) is 0 Å². The van der Waals surface area contributed by atoms with Gasteiger partial charge in [0.25, 0.3) is 0 Å². The van der Waals surface area contributed by atoms with Gasteiger partial charge in [-0.1, -0.05) is 93.6 Å². The summed E-state index contributed by atoms with van der Waals surface area (Å²) in [6, 6.07) is 30.8. The number of nitrogens with one attached hydrogen (secondary N) is 2. The number of nitrogens with zero attached hydrogens (tertiary/aromatic N) is 2. The summed E-state index contributed by atoms with van der Waals surface area (Å²) in [6.45, 7) is 7.09. The number of H-pyrrole nitrogens is 1. The van der Waals surface area contributed by atoms with Gasteiger partial charge < -0.3 is 4.74 Å². The summed E-state index contributed by atoms with van der Waals surface area (Å²) in [5.74, 6) is 1.31. The molecular formula is C36H40N4O4S. The minimum atomic E-state index is -3.65. The minimum Gasteiger partial charge on any atom is -0.496 e. The second-order valence-electron chi connectivity index (χ2n) is 12.2. The molecule has 0 aliphatic carbocycles. The third-order valence-electron chi connectivity index (χ3n) is 7.83. The lowest BCUT2D eigenvalue weighted by molar-refractivity contribution is 0.409. The van der Waals surface area contributed by atoms with Gasteiger partial charge in [0.05, 0.1) is 18.6 Å². The van der Waals surface area contributed by atoms with Gasteiger partial charge in [-0.25, -0.2) is 22.6 Å². The number of benzene rings is 4. The summed E-state index contributed by atoms with van der Waals surface area (Å²) >= 11 is 0. The van der Waals surface area contributed by atoms with E-state index in [4.69, 9.17) is 4.74 Å². The number of aromatic amines is 1. The van der Waals surface area contributed by atoms with Crippen LogP contribution >= 0.6 is 0 Å². The van der Waals surface area contributed by atoms with Crippen LogP contribution in [0.1, 0.15) is 55.3 Å². The van der Waals surface area contributed by atoms with Crippen molar-refractivity contribution >= 4 is 10.0 Å². The zero-order valence-electron chi connectivity index (χ0n) is 26.2. The molecule has 0 aliphatic rings. The van der Waals surface area contributed by atoms with Crippen LogP contribution in [-0.2, 0) is 41.4 Å². The maximum Gasteiger partial charge on any atom is 0.343 e. The van der Waals surface area contributed by atoms with Crippen LogP contribution in [-0.4, -0.2) is 30.3 Å². The van der Waals surface area contributed by atoms with E-state index in [-0.39, 0.29) is 22.5 Å². The molecule has 1 aromatic heterocycles. The number of methoxy groups -OCH3 is 1. The molecule has 1 heterocycles. The zero-order valence-corrected chi connectivity index (χ0v) is 27.0. The summed E-state index contributed by atoms with van der Waals surface area (Å²) in [6.07, 6.45) is 2.37. The van der Waals surface area contributed by atoms with Gasteiger partial charge in [0.1, 0.15) is 11.6 Å². The Morgan fingerprint density at radius 3 is 2.18 bits per heavy atom. The first-order valence-corrected chi connectivity index (χ1v) is 16.6. The van der Waals surface area contributed by atoms with Crippen LogP contribution in [0.15, 0.2) is 107 Å². The lowest BCUT2D eigenvalue weighted by atomic mass is 9.87. The molecule has 0 aliphatic heterocycles. The van der Waals surface area contributed by atoms with Crippen molar-refractivity contribution in [1.29, 1.82) is 0 Å². The van der Waals surface area contributed by atoms with Crippen LogP contribution in [0.25, 0.3) is 11.1 Å².